The number of carboxylic acid groups (broad SMARTS) is 1. The molecule has 2 rings (SSSR count). The van der Waals surface area contributed by atoms with Crippen molar-refractivity contribution in [2.45, 2.75) is 46.0 Å². The summed E-state index contributed by atoms with van der Waals surface area (Å²) in [7, 11) is 0. The Morgan fingerprint density at radius 3 is 2.40 bits per heavy atom. The molecule has 0 spiro atoms. The van der Waals surface area contributed by atoms with Crippen molar-refractivity contribution in [3.8, 4) is 0 Å². The minimum absolute atomic E-state index is 0.117. The van der Waals surface area contributed by atoms with Crippen molar-refractivity contribution in [3.05, 3.63) is 34.9 Å². The molecule has 2 atom stereocenters. The van der Waals surface area contributed by atoms with Crippen LogP contribution in [-0.4, -0.2) is 16.9 Å². The number of hydrogen-bond acceptors (Lipinski definition) is 2. The molecule has 0 amide bonds. The maximum Gasteiger partial charge on any atom is 0.306 e. The highest BCUT2D eigenvalue weighted by Gasteiger charge is 2.34. The van der Waals surface area contributed by atoms with Gasteiger partial charge in [0.1, 0.15) is 0 Å². The largest absolute Gasteiger partial charge is 0.481 e. The Balaban J connectivity index is 2.23. The highest BCUT2D eigenvalue weighted by atomic mass is 16.4. The van der Waals surface area contributed by atoms with Crippen LogP contribution in [0, 0.1) is 11.8 Å². The number of rotatable bonds is 5. The minimum atomic E-state index is -0.765. The number of aliphatic carboxylic acids is 1. The molecule has 3 heteroatoms. The normalized spacial score (nSPS) is 21.9. The molecule has 1 N–H and O–H groups in total. The van der Waals surface area contributed by atoms with Gasteiger partial charge in [0.15, 0.2) is 5.78 Å². The predicted octanol–water partition coefficient (Wildman–Crippen LogP) is 3.50. The van der Waals surface area contributed by atoms with Gasteiger partial charge in [-0.15, -0.1) is 0 Å². The molecule has 2 unspecified atom stereocenters. The number of benzene rings is 1. The first-order chi connectivity index (χ1) is 9.56. The second-order valence-electron chi connectivity index (χ2n) is 5.61. The highest BCUT2D eigenvalue weighted by Crippen LogP contribution is 2.34. The number of Topliss-reactive ketones (excluding diaryl/α,β-unsaturated/α-hetero) is 1. The van der Waals surface area contributed by atoms with Crippen LogP contribution in [0.2, 0.25) is 0 Å². The van der Waals surface area contributed by atoms with Crippen molar-refractivity contribution < 1.29 is 14.7 Å². The Kier molecular flexibility index (Phi) is 4.58. The van der Waals surface area contributed by atoms with E-state index in [0.717, 1.165) is 24.0 Å². The van der Waals surface area contributed by atoms with Crippen LogP contribution < -0.4 is 0 Å². The molecule has 0 heterocycles. The molecule has 0 radical (unpaired) electrons. The van der Waals surface area contributed by atoms with Gasteiger partial charge in [0, 0.05) is 11.5 Å². The Morgan fingerprint density at radius 2 is 1.85 bits per heavy atom. The van der Waals surface area contributed by atoms with E-state index in [4.69, 9.17) is 5.11 Å². The van der Waals surface area contributed by atoms with Crippen LogP contribution >= 0.6 is 0 Å². The van der Waals surface area contributed by atoms with E-state index < -0.39 is 5.97 Å². The van der Waals surface area contributed by atoms with E-state index in [2.05, 4.69) is 13.0 Å². The average molecular weight is 274 g/mol. The number of ketones is 1. The fourth-order valence-corrected chi connectivity index (χ4v) is 3.05. The van der Waals surface area contributed by atoms with E-state index in [1.54, 1.807) is 0 Å². The lowest BCUT2D eigenvalue weighted by Crippen LogP contribution is -2.16. The standard InChI is InChI=1S/C17H22O3/c1-3-11-5-6-12(4-2)15(9-11)16(18)13-7-8-14(10-13)17(19)20/h5-6,9,13-14H,3-4,7-8,10H2,1-2H3,(H,19,20). The summed E-state index contributed by atoms with van der Waals surface area (Å²) in [5.74, 6) is -1.09. The Bertz CT molecular complexity index is 519. The summed E-state index contributed by atoms with van der Waals surface area (Å²) in [6.45, 7) is 4.12. The van der Waals surface area contributed by atoms with E-state index in [1.807, 2.05) is 19.1 Å². The molecule has 0 saturated heterocycles. The third kappa shape index (κ3) is 2.92. The Morgan fingerprint density at radius 1 is 1.15 bits per heavy atom. The van der Waals surface area contributed by atoms with Gasteiger partial charge in [-0.3, -0.25) is 9.59 Å². The van der Waals surface area contributed by atoms with E-state index in [1.165, 1.54) is 5.56 Å². The van der Waals surface area contributed by atoms with Crippen LogP contribution in [0.25, 0.3) is 0 Å². The van der Waals surface area contributed by atoms with Gasteiger partial charge in [-0.25, -0.2) is 0 Å². The minimum Gasteiger partial charge on any atom is -0.481 e. The third-order valence-electron chi connectivity index (χ3n) is 4.38. The van der Waals surface area contributed by atoms with Crippen molar-refractivity contribution >= 4 is 11.8 Å². The summed E-state index contributed by atoms with van der Waals surface area (Å²) < 4.78 is 0. The average Bonchev–Trinajstić information content (AvgIpc) is 2.95. The SMILES string of the molecule is CCc1ccc(CC)c(C(=O)C2CCC(C(=O)O)C2)c1. The van der Waals surface area contributed by atoms with E-state index in [-0.39, 0.29) is 17.6 Å². The Labute approximate surface area is 120 Å². The number of carbonyl (C=O) groups is 2. The third-order valence-corrected chi connectivity index (χ3v) is 4.38. The number of carboxylic acids is 1. The zero-order valence-corrected chi connectivity index (χ0v) is 12.2. The number of aryl methyl sites for hydroxylation is 2. The van der Waals surface area contributed by atoms with Gasteiger partial charge >= 0.3 is 5.97 Å². The summed E-state index contributed by atoms with van der Waals surface area (Å²) in [6, 6.07) is 6.11. The molecular weight excluding hydrogens is 252 g/mol. The first-order valence-electron chi connectivity index (χ1n) is 7.45. The Hall–Kier alpha value is -1.64. The first-order valence-corrected chi connectivity index (χ1v) is 7.45. The van der Waals surface area contributed by atoms with Crippen LogP contribution in [0.4, 0.5) is 0 Å². The van der Waals surface area contributed by atoms with Crippen molar-refractivity contribution in [3.63, 3.8) is 0 Å². The zero-order valence-electron chi connectivity index (χ0n) is 12.2. The summed E-state index contributed by atoms with van der Waals surface area (Å²) in [6.07, 6.45) is 3.57. The molecule has 108 valence electrons. The molecule has 1 fully saturated rings. The number of hydrogen-bond donors (Lipinski definition) is 1. The smallest absolute Gasteiger partial charge is 0.306 e. The number of carbonyl (C=O) groups excluding carboxylic acids is 1. The fraction of sp³-hybridized carbons (Fsp3) is 0.529. The van der Waals surface area contributed by atoms with Crippen LogP contribution in [0.3, 0.4) is 0 Å². The van der Waals surface area contributed by atoms with Gasteiger partial charge in [-0.1, -0.05) is 26.0 Å². The molecule has 20 heavy (non-hydrogen) atoms. The highest BCUT2D eigenvalue weighted by molar-refractivity contribution is 5.99. The van der Waals surface area contributed by atoms with E-state index >= 15 is 0 Å². The summed E-state index contributed by atoms with van der Waals surface area (Å²) in [4.78, 5) is 23.7. The van der Waals surface area contributed by atoms with Crippen molar-refractivity contribution in [2.75, 3.05) is 0 Å². The van der Waals surface area contributed by atoms with Crippen LogP contribution in [0.1, 0.15) is 54.6 Å². The van der Waals surface area contributed by atoms with Crippen LogP contribution in [-0.2, 0) is 17.6 Å². The molecular formula is C17H22O3. The molecule has 3 nitrogen and oxygen atoms in total. The van der Waals surface area contributed by atoms with E-state index in [0.29, 0.717) is 19.3 Å². The second kappa shape index (κ2) is 6.21. The first kappa shape index (κ1) is 14.8. The molecule has 1 aliphatic carbocycles. The van der Waals surface area contributed by atoms with Gasteiger partial charge < -0.3 is 5.11 Å². The van der Waals surface area contributed by atoms with Crippen molar-refractivity contribution in [2.24, 2.45) is 11.8 Å². The van der Waals surface area contributed by atoms with Crippen LogP contribution in [0.5, 0.6) is 0 Å². The predicted molar refractivity (Wildman–Crippen MR) is 78.0 cm³/mol. The summed E-state index contributed by atoms with van der Waals surface area (Å²) >= 11 is 0. The lowest BCUT2D eigenvalue weighted by molar-refractivity contribution is -0.141. The van der Waals surface area contributed by atoms with Gasteiger partial charge in [0.05, 0.1) is 5.92 Å². The lowest BCUT2D eigenvalue weighted by atomic mass is 9.90. The lowest BCUT2D eigenvalue weighted by Gasteiger charge is -2.13. The molecule has 1 aromatic rings. The van der Waals surface area contributed by atoms with Gasteiger partial charge in [0.2, 0.25) is 0 Å². The topological polar surface area (TPSA) is 54.4 Å². The fourth-order valence-electron chi connectivity index (χ4n) is 3.05. The molecule has 1 aliphatic rings. The van der Waals surface area contributed by atoms with E-state index in [9.17, 15) is 9.59 Å². The second-order valence-corrected chi connectivity index (χ2v) is 5.61. The molecule has 1 saturated carbocycles. The van der Waals surface area contributed by atoms with Gasteiger partial charge in [-0.05, 0) is 49.3 Å². The molecule has 0 bridgehead atoms. The zero-order chi connectivity index (χ0) is 14.7. The maximum atomic E-state index is 12.7. The molecule has 0 aliphatic heterocycles. The molecule has 0 aromatic heterocycles. The molecule has 1 aromatic carbocycles. The summed E-state index contributed by atoms with van der Waals surface area (Å²) in [5.41, 5.74) is 3.05. The van der Waals surface area contributed by atoms with Crippen molar-refractivity contribution in [1.82, 2.24) is 0 Å². The maximum absolute atomic E-state index is 12.7. The van der Waals surface area contributed by atoms with Gasteiger partial charge in [-0.2, -0.15) is 0 Å². The van der Waals surface area contributed by atoms with Crippen molar-refractivity contribution in [1.29, 1.82) is 0 Å². The quantitative estimate of drug-likeness (QED) is 0.836. The summed E-state index contributed by atoms with van der Waals surface area (Å²) in [5, 5.41) is 9.06. The monoisotopic (exact) mass is 274 g/mol. The van der Waals surface area contributed by atoms with Gasteiger partial charge in [0.25, 0.3) is 0 Å². The van der Waals surface area contributed by atoms with Crippen LogP contribution in [0.15, 0.2) is 18.2 Å².